The van der Waals surface area contributed by atoms with Gasteiger partial charge >= 0.3 is 0 Å². The van der Waals surface area contributed by atoms with E-state index in [2.05, 4.69) is 41.2 Å². The molecule has 2 aromatic heterocycles. The van der Waals surface area contributed by atoms with E-state index in [0.29, 0.717) is 12.1 Å². The standard InChI is InChI=1S/C15H19NOS2/c1-2-17-13-7-12(8-13)16-9-14-6-11(10-19-14)15-4-3-5-18-15/h3-6,10,12-13,16H,2,7-9H2,1H3. The Hall–Kier alpha value is -0.680. The zero-order valence-electron chi connectivity index (χ0n) is 11.1. The maximum Gasteiger partial charge on any atom is 0.0604 e. The van der Waals surface area contributed by atoms with Crippen molar-refractivity contribution in [3.05, 3.63) is 33.8 Å². The molecule has 0 unspecified atom stereocenters. The summed E-state index contributed by atoms with van der Waals surface area (Å²) in [5, 5.41) is 8.00. The van der Waals surface area contributed by atoms with E-state index in [1.807, 2.05) is 11.3 Å². The van der Waals surface area contributed by atoms with Crippen LogP contribution in [0.4, 0.5) is 0 Å². The van der Waals surface area contributed by atoms with E-state index in [1.165, 1.54) is 15.3 Å². The second-order valence-corrected chi connectivity index (χ2v) is 6.85. The van der Waals surface area contributed by atoms with Crippen molar-refractivity contribution in [1.29, 1.82) is 0 Å². The first kappa shape index (κ1) is 13.3. The highest BCUT2D eigenvalue weighted by Gasteiger charge is 2.28. The van der Waals surface area contributed by atoms with E-state index in [4.69, 9.17) is 4.74 Å². The lowest BCUT2D eigenvalue weighted by molar-refractivity contribution is -0.0101. The summed E-state index contributed by atoms with van der Waals surface area (Å²) < 4.78 is 5.58. The van der Waals surface area contributed by atoms with Crippen molar-refractivity contribution >= 4 is 22.7 Å². The zero-order valence-corrected chi connectivity index (χ0v) is 12.7. The molecule has 0 spiro atoms. The van der Waals surface area contributed by atoms with Crippen LogP contribution in [0.3, 0.4) is 0 Å². The number of nitrogens with one attached hydrogen (secondary N) is 1. The largest absolute Gasteiger partial charge is 0.378 e. The summed E-state index contributed by atoms with van der Waals surface area (Å²) >= 11 is 3.65. The van der Waals surface area contributed by atoms with Crippen molar-refractivity contribution in [3.63, 3.8) is 0 Å². The highest BCUT2D eigenvalue weighted by atomic mass is 32.1. The van der Waals surface area contributed by atoms with Crippen molar-refractivity contribution in [2.45, 2.75) is 38.5 Å². The van der Waals surface area contributed by atoms with Crippen LogP contribution >= 0.6 is 22.7 Å². The zero-order chi connectivity index (χ0) is 13.1. The highest BCUT2D eigenvalue weighted by Crippen LogP contribution is 2.30. The molecule has 2 heterocycles. The van der Waals surface area contributed by atoms with Gasteiger partial charge in [0.1, 0.15) is 0 Å². The van der Waals surface area contributed by atoms with Gasteiger partial charge in [-0.25, -0.2) is 0 Å². The lowest BCUT2D eigenvalue weighted by atomic mass is 9.89. The van der Waals surface area contributed by atoms with E-state index in [1.54, 1.807) is 11.3 Å². The van der Waals surface area contributed by atoms with Gasteiger partial charge < -0.3 is 10.1 Å². The number of hydrogen-bond acceptors (Lipinski definition) is 4. The van der Waals surface area contributed by atoms with Gasteiger partial charge in [-0.05, 0) is 42.7 Å². The third-order valence-electron chi connectivity index (χ3n) is 3.52. The summed E-state index contributed by atoms with van der Waals surface area (Å²) in [6, 6.07) is 7.24. The molecule has 0 radical (unpaired) electrons. The van der Waals surface area contributed by atoms with Crippen molar-refractivity contribution in [1.82, 2.24) is 5.32 Å². The lowest BCUT2D eigenvalue weighted by Crippen LogP contribution is -2.44. The van der Waals surface area contributed by atoms with E-state index < -0.39 is 0 Å². The van der Waals surface area contributed by atoms with E-state index >= 15 is 0 Å². The third-order valence-corrected chi connectivity index (χ3v) is 5.38. The maximum atomic E-state index is 5.58. The first-order valence-electron chi connectivity index (χ1n) is 6.81. The predicted octanol–water partition coefficient (Wildman–Crippen LogP) is 4.13. The van der Waals surface area contributed by atoms with Crippen LogP contribution in [-0.4, -0.2) is 18.8 Å². The SMILES string of the molecule is CCOC1CC(NCc2cc(-c3cccs3)cs2)C1. The molecule has 2 nitrogen and oxygen atoms in total. The predicted molar refractivity (Wildman–Crippen MR) is 82.9 cm³/mol. The van der Waals surface area contributed by atoms with Crippen molar-refractivity contribution in [2.75, 3.05) is 6.61 Å². The smallest absolute Gasteiger partial charge is 0.0604 e. The molecular formula is C15H19NOS2. The molecule has 1 saturated carbocycles. The molecule has 0 aliphatic heterocycles. The summed E-state index contributed by atoms with van der Waals surface area (Å²) in [6.07, 6.45) is 2.82. The normalized spacial score (nSPS) is 22.4. The van der Waals surface area contributed by atoms with Crippen molar-refractivity contribution in [2.24, 2.45) is 0 Å². The molecule has 0 atom stereocenters. The van der Waals surface area contributed by atoms with E-state index in [9.17, 15) is 0 Å². The summed E-state index contributed by atoms with van der Waals surface area (Å²) in [7, 11) is 0. The Labute approximate surface area is 122 Å². The fraction of sp³-hybridized carbons (Fsp3) is 0.467. The van der Waals surface area contributed by atoms with Gasteiger partial charge in [-0.3, -0.25) is 0 Å². The Bertz CT molecular complexity index is 500. The summed E-state index contributed by atoms with van der Waals surface area (Å²) in [6.45, 7) is 3.89. The van der Waals surface area contributed by atoms with Gasteiger partial charge in [0.05, 0.1) is 6.10 Å². The lowest BCUT2D eigenvalue weighted by Gasteiger charge is -2.35. The van der Waals surface area contributed by atoms with Crippen LogP contribution < -0.4 is 5.32 Å². The Kier molecular flexibility index (Phi) is 4.33. The number of thiophene rings is 2. The van der Waals surface area contributed by atoms with Crippen LogP contribution in [-0.2, 0) is 11.3 Å². The Morgan fingerprint density at radius 3 is 3.00 bits per heavy atom. The molecule has 0 amide bonds. The first-order valence-corrected chi connectivity index (χ1v) is 8.57. The van der Waals surface area contributed by atoms with Gasteiger partial charge in [0.2, 0.25) is 0 Å². The number of rotatable bonds is 6. The fourth-order valence-electron chi connectivity index (χ4n) is 2.39. The number of hydrogen-bond donors (Lipinski definition) is 1. The topological polar surface area (TPSA) is 21.3 Å². The maximum absolute atomic E-state index is 5.58. The minimum atomic E-state index is 0.493. The van der Waals surface area contributed by atoms with Crippen LogP contribution in [0.1, 0.15) is 24.6 Å². The molecule has 0 saturated heterocycles. The second kappa shape index (κ2) is 6.18. The Morgan fingerprint density at radius 1 is 1.37 bits per heavy atom. The minimum absolute atomic E-state index is 0.493. The van der Waals surface area contributed by atoms with Crippen LogP contribution in [0.5, 0.6) is 0 Å². The monoisotopic (exact) mass is 293 g/mol. The molecular weight excluding hydrogens is 274 g/mol. The molecule has 2 aromatic rings. The summed E-state index contributed by atoms with van der Waals surface area (Å²) in [5.74, 6) is 0. The van der Waals surface area contributed by atoms with Crippen LogP contribution in [0.2, 0.25) is 0 Å². The molecule has 1 aliphatic rings. The van der Waals surface area contributed by atoms with Crippen LogP contribution in [0.15, 0.2) is 29.0 Å². The quantitative estimate of drug-likeness (QED) is 0.864. The molecule has 3 rings (SSSR count). The second-order valence-electron chi connectivity index (χ2n) is 4.91. The van der Waals surface area contributed by atoms with Gasteiger partial charge in [0.25, 0.3) is 0 Å². The first-order chi connectivity index (χ1) is 9.35. The third kappa shape index (κ3) is 3.26. The van der Waals surface area contributed by atoms with E-state index in [0.717, 1.165) is 26.0 Å². The van der Waals surface area contributed by atoms with Gasteiger partial charge in [-0.2, -0.15) is 0 Å². The average Bonchev–Trinajstić information content (AvgIpc) is 3.01. The van der Waals surface area contributed by atoms with Crippen LogP contribution in [0, 0.1) is 0 Å². The van der Waals surface area contributed by atoms with Gasteiger partial charge in [-0.15, -0.1) is 22.7 Å². The van der Waals surface area contributed by atoms with Gasteiger partial charge in [0.15, 0.2) is 0 Å². The van der Waals surface area contributed by atoms with Crippen LogP contribution in [0.25, 0.3) is 10.4 Å². The average molecular weight is 293 g/mol. The Balaban J connectivity index is 1.47. The molecule has 1 fully saturated rings. The minimum Gasteiger partial charge on any atom is -0.378 e. The van der Waals surface area contributed by atoms with Crippen molar-refractivity contribution in [3.8, 4) is 10.4 Å². The van der Waals surface area contributed by atoms with E-state index in [-0.39, 0.29) is 0 Å². The Morgan fingerprint density at radius 2 is 2.26 bits per heavy atom. The fourth-order valence-corrected chi connectivity index (χ4v) is 4.02. The number of ether oxygens (including phenoxy) is 1. The summed E-state index contributed by atoms with van der Waals surface area (Å²) in [4.78, 5) is 2.78. The molecule has 0 aromatic carbocycles. The molecule has 19 heavy (non-hydrogen) atoms. The molecule has 1 aliphatic carbocycles. The van der Waals surface area contributed by atoms with Gasteiger partial charge in [0, 0.05) is 34.5 Å². The molecule has 0 bridgehead atoms. The highest BCUT2D eigenvalue weighted by molar-refractivity contribution is 7.14. The van der Waals surface area contributed by atoms with Crippen molar-refractivity contribution < 1.29 is 4.74 Å². The molecule has 1 N–H and O–H groups in total. The van der Waals surface area contributed by atoms with Gasteiger partial charge in [-0.1, -0.05) is 6.07 Å². The summed E-state index contributed by atoms with van der Waals surface area (Å²) in [5.41, 5.74) is 1.36. The molecule has 102 valence electrons. The molecule has 4 heteroatoms.